The van der Waals surface area contributed by atoms with Crippen LogP contribution in [0.2, 0.25) is 0 Å². The van der Waals surface area contributed by atoms with Crippen LogP contribution in [0.1, 0.15) is 43.7 Å². The molecule has 4 heterocycles. The molecule has 1 aromatic carbocycles. The molecular formula is C25H22N4O4. The average molecular weight is 442 g/mol. The third kappa shape index (κ3) is 3.05. The van der Waals surface area contributed by atoms with Crippen LogP contribution in [0.3, 0.4) is 0 Å². The predicted molar refractivity (Wildman–Crippen MR) is 119 cm³/mol. The average Bonchev–Trinajstić information content (AvgIpc) is 3.46. The predicted octanol–water partition coefficient (Wildman–Crippen LogP) is 4.56. The normalized spacial score (nSPS) is 19.2. The van der Waals surface area contributed by atoms with E-state index in [0.29, 0.717) is 58.6 Å². The molecule has 6 rings (SSSR count). The van der Waals surface area contributed by atoms with Crippen LogP contribution in [0.5, 0.6) is 11.6 Å². The van der Waals surface area contributed by atoms with Crippen molar-refractivity contribution in [2.45, 2.75) is 32.6 Å². The summed E-state index contributed by atoms with van der Waals surface area (Å²) in [7, 11) is 1.63. The Bertz CT molecular complexity index is 1430. The Kier molecular flexibility index (Phi) is 4.20. The Morgan fingerprint density at radius 1 is 1.15 bits per heavy atom. The SMILES string of the molecule is COc1ccccc1[C@H]1C2=C(CC(C)(C)CC2=O)Oc2ncn3nc(-c4ccco4)nc3c21. The first kappa shape index (κ1) is 19.7. The number of fused-ring (bicyclic) bond motifs is 3. The summed E-state index contributed by atoms with van der Waals surface area (Å²) < 4.78 is 19.1. The van der Waals surface area contributed by atoms with Crippen molar-refractivity contribution in [3.63, 3.8) is 0 Å². The number of methoxy groups -OCH3 is 1. The van der Waals surface area contributed by atoms with E-state index in [0.717, 1.165) is 5.56 Å². The third-order valence-corrected chi connectivity index (χ3v) is 6.25. The Morgan fingerprint density at radius 2 is 2.00 bits per heavy atom. The van der Waals surface area contributed by atoms with Crippen molar-refractivity contribution in [1.29, 1.82) is 0 Å². The molecule has 3 aromatic heterocycles. The number of benzene rings is 1. The number of rotatable bonds is 3. The van der Waals surface area contributed by atoms with Crippen LogP contribution in [-0.4, -0.2) is 32.5 Å². The second-order valence-electron chi connectivity index (χ2n) is 9.20. The van der Waals surface area contributed by atoms with Gasteiger partial charge in [0.2, 0.25) is 11.7 Å². The standard InChI is InChI=1S/C25H22N4O4/c1-25(2)11-15(30)20-18(12-25)33-24-21(19(20)14-7-4-5-8-16(14)31-3)23-27-22(17-9-6-10-32-17)28-29(23)13-26-24/h4-10,13,19H,11-12H2,1-3H3/t19-/m0/s1. The van der Waals surface area contributed by atoms with Crippen molar-refractivity contribution >= 4 is 11.4 Å². The fourth-order valence-electron chi connectivity index (χ4n) is 4.87. The zero-order chi connectivity index (χ0) is 22.7. The quantitative estimate of drug-likeness (QED) is 0.459. The lowest BCUT2D eigenvalue weighted by Gasteiger charge is -2.37. The number of allylic oxidation sites excluding steroid dienone is 2. The lowest BCUT2D eigenvalue weighted by Crippen LogP contribution is -2.33. The molecule has 0 amide bonds. The lowest BCUT2D eigenvalue weighted by atomic mass is 9.70. The second-order valence-corrected chi connectivity index (χ2v) is 9.20. The monoisotopic (exact) mass is 442 g/mol. The van der Waals surface area contributed by atoms with Gasteiger partial charge >= 0.3 is 0 Å². The van der Waals surface area contributed by atoms with Crippen LogP contribution in [-0.2, 0) is 4.79 Å². The number of para-hydroxylation sites is 1. The fraction of sp³-hybridized carbons (Fsp3) is 0.280. The van der Waals surface area contributed by atoms with Gasteiger partial charge in [-0.2, -0.15) is 0 Å². The first-order valence-corrected chi connectivity index (χ1v) is 10.8. The van der Waals surface area contributed by atoms with E-state index in [2.05, 4.69) is 23.9 Å². The molecule has 166 valence electrons. The summed E-state index contributed by atoms with van der Waals surface area (Å²) in [6.07, 6.45) is 4.25. The molecule has 4 aromatic rings. The molecule has 33 heavy (non-hydrogen) atoms. The molecule has 2 aliphatic rings. The van der Waals surface area contributed by atoms with Crippen LogP contribution in [0.4, 0.5) is 0 Å². The summed E-state index contributed by atoms with van der Waals surface area (Å²) in [5, 5.41) is 4.54. The van der Waals surface area contributed by atoms with E-state index < -0.39 is 5.92 Å². The Balaban J connectivity index is 1.64. The molecule has 0 radical (unpaired) electrons. The van der Waals surface area contributed by atoms with Gasteiger partial charge in [-0.25, -0.2) is 14.5 Å². The van der Waals surface area contributed by atoms with Crippen LogP contribution in [0.25, 0.3) is 17.2 Å². The molecule has 0 fully saturated rings. The minimum Gasteiger partial charge on any atom is -0.496 e. The van der Waals surface area contributed by atoms with E-state index in [1.807, 2.05) is 24.3 Å². The van der Waals surface area contributed by atoms with Crippen LogP contribution >= 0.6 is 0 Å². The molecule has 0 N–H and O–H groups in total. The Labute approximate surface area is 189 Å². The van der Waals surface area contributed by atoms with Gasteiger partial charge < -0.3 is 13.9 Å². The molecule has 0 unspecified atom stereocenters. The van der Waals surface area contributed by atoms with Crippen LogP contribution < -0.4 is 9.47 Å². The van der Waals surface area contributed by atoms with Crippen LogP contribution in [0.15, 0.2) is 64.7 Å². The van der Waals surface area contributed by atoms with E-state index in [-0.39, 0.29) is 11.2 Å². The van der Waals surface area contributed by atoms with Gasteiger partial charge in [0.05, 0.1) is 24.9 Å². The zero-order valence-electron chi connectivity index (χ0n) is 18.5. The maximum atomic E-state index is 13.5. The number of hydrogen-bond acceptors (Lipinski definition) is 7. The maximum Gasteiger partial charge on any atom is 0.228 e. The first-order chi connectivity index (χ1) is 15.9. The van der Waals surface area contributed by atoms with Gasteiger partial charge in [-0.05, 0) is 23.6 Å². The highest BCUT2D eigenvalue weighted by atomic mass is 16.5. The fourth-order valence-corrected chi connectivity index (χ4v) is 4.87. The topological polar surface area (TPSA) is 91.8 Å². The highest BCUT2D eigenvalue weighted by Gasteiger charge is 2.44. The molecule has 0 saturated carbocycles. The van der Waals surface area contributed by atoms with Crippen molar-refractivity contribution in [1.82, 2.24) is 19.6 Å². The van der Waals surface area contributed by atoms with Crippen LogP contribution in [0, 0.1) is 5.41 Å². The summed E-state index contributed by atoms with van der Waals surface area (Å²) in [5.74, 6) is 2.40. The molecule has 1 aliphatic heterocycles. The van der Waals surface area contributed by atoms with Gasteiger partial charge in [0, 0.05) is 24.0 Å². The number of Topliss-reactive ketones (excluding diaryl/α,β-unsaturated/α-hetero) is 1. The van der Waals surface area contributed by atoms with Gasteiger partial charge in [-0.15, -0.1) is 5.10 Å². The zero-order valence-corrected chi connectivity index (χ0v) is 18.5. The van der Waals surface area contributed by atoms with Crippen molar-refractivity contribution in [2.24, 2.45) is 5.41 Å². The molecular weight excluding hydrogens is 420 g/mol. The molecule has 0 bridgehead atoms. The first-order valence-electron chi connectivity index (χ1n) is 10.8. The van der Waals surface area contributed by atoms with Gasteiger partial charge in [-0.1, -0.05) is 32.0 Å². The summed E-state index contributed by atoms with van der Waals surface area (Å²) in [6.45, 7) is 4.16. The Morgan fingerprint density at radius 3 is 2.79 bits per heavy atom. The minimum absolute atomic E-state index is 0.0654. The lowest BCUT2D eigenvalue weighted by molar-refractivity contribution is -0.118. The van der Waals surface area contributed by atoms with Crippen molar-refractivity contribution in [2.75, 3.05) is 7.11 Å². The van der Waals surface area contributed by atoms with Gasteiger partial charge in [0.1, 0.15) is 17.8 Å². The molecule has 1 aliphatic carbocycles. The number of furan rings is 1. The van der Waals surface area contributed by atoms with Crippen molar-refractivity contribution < 1.29 is 18.7 Å². The minimum atomic E-state index is -0.437. The van der Waals surface area contributed by atoms with E-state index in [1.54, 1.807) is 36.3 Å². The highest BCUT2D eigenvalue weighted by Crippen LogP contribution is 2.51. The van der Waals surface area contributed by atoms with E-state index >= 15 is 0 Å². The van der Waals surface area contributed by atoms with Crippen molar-refractivity contribution in [3.8, 4) is 23.2 Å². The molecule has 8 heteroatoms. The number of carbonyl (C=O) groups excluding carboxylic acids is 1. The molecule has 0 spiro atoms. The summed E-state index contributed by atoms with van der Waals surface area (Å²) in [5.41, 5.74) is 2.57. The summed E-state index contributed by atoms with van der Waals surface area (Å²) >= 11 is 0. The third-order valence-electron chi connectivity index (χ3n) is 6.25. The number of ketones is 1. The number of nitrogens with zero attached hydrogens (tertiary/aromatic N) is 4. The largest absolute Gasteiger partial charge is 0.496 e. The second kappa shape index (κ2) is 7.03. The van der Waals surface area contributed by atoms with E-state index in [4.69, 9.17) is 18.9 Å². The molecule has 1 atom stereocenters. The maximum absolute atomic E-state index is 13.5. The number of hydrogen-bond donors (Lipinski definition) is 0. The van der Waals surface area contributed by atoms with E-state index in [9.17, 15) is 4.79 Å². The van der Waals surface area contributed by atoms with Crippen molar-refractivity contribution in [3.05, 3.63) is 71.4 Å². The Hall–Kier alpha value is -3.94. The van der Waals surface area contributed by atoms with E-state index in [1.165, 1.54) is 0 Å². The number of carbonyl (C=O) groups is 1. The summed E-state index contributed by atoms with van der Waals surface area (Å²) in [4.78, 5) is 22.8. The molecule has 0 saturated heterocycles. The smallest absolute Gasteiger partial charge is 0.228 e. The molecule has 8 nitrogen and oxygen atoms in total. The van der Waals surface area contributed by atoms with Gasteiger partial charge in [0.25, 0.3) is 0 Å². The van der Waals surface area contributed by atoms with Gasteiger partial charge in [0.15, 0.2) is 17.2 Å². The van der Waals surface area contributed by atoms with Gasteiger partial charge in [-0.3, -0.25) is 4.79 Å². The number of ether oxygens (including phenoxy) is 2. The number of aromatic nitrogens is 4. The highest BCUT2D eigenvalue weighted by molar-refractivity contribution is 6.00. The summed E-state index contributed by atoms with van der Waals surface area (Å²) in [6, 6.07) is 11.3.